The van der Waals surface area contributed by atoms with E-state index in [1.807, 2.05) is 13.8 Å². The highest BCUT2D eigenvalue weighted by Crippen LogP contribution is 2.17. The standard InChI is InChI=1S/C11H17N5O3/c1-6(2)18-4-5-19-11-14-8(12)7-9(16-11)15-10(13-7)17-3/h6H,4-5H2,1-3H3,(H3,12,13,14,15,16)/p+1. The minimum atomic E-state index is 0.166. The molecule has 4 N–H and O–H groups in total. The van der Waals surface area contributed by atoms with Crippen molar-refractivity contribution in [2.75, 3.05) is 26.1 Å². The summed E-state index contributed by atoms with van der Waals surface area (Å²) >= 11 is 0. The van der Waals surface area contributed by atoms with Gasteiger partial charge >= 0.3 is 17.7 Å². The van der Waals surface area contributed by atoms with Crippen molar-refractivity contribution >= 4 is 17.0 Å². The first-order chi connectivity index (χ1) is 9.10. The molecule has 0 aromatic carbocycles. The summed E-state index contributed by atoms with van der Waals surface area (Å²) in [5, 5.41) is 0. The van der Waals surface area contributed by atoms with Crippen molar-refractivity contribution in [3.05, 3.63) is 0 Å². The van der Waals surface area contributed by atoms with E-state index in [2.05, 4.69) is 19.9 Å². The van der Waals surface area contributed by atoms with Crippen molar-refractivity contribution < 1.29 is 19.2 Å². The molecular weight excluding hydrogens is 250 g/mol. The number of aromatic amines is 2. The molecule has 0 atom stereocenters. The fraction of sp³-hybridized carbons (Fsp3) is 0.545. The van der Waals surface area contributed by atoms with Crippen LogP contribution in [0.2, 0.25) is 0 Å². The highest BCUT2D eigenvalue weighted by Gasteiger charge is 2.18. The smallest absolute Gasteiger partial charge is 0.397 e. The summed E-state index contributed by atoms with van der Waals surface area (Å²) < 4.78 is 15.8. The molecule has 0 spiro atoms. The SMILES string of the molecule is COc1[nH]c2c(N)nc(OCCOC(C)C)nc2[nH+]1. The van der Waals surface area contributed by atoms with Crippen molar-refractivity contribution in [1.29, 1.82) is 0 Å². The van der Waals surface area contributed by atoms with Gasteiger partial charge in [-0.25, -0.2) is 9.97 Å². The summed E-state index contributed by atoms with van der Waals surface area (Å²) in [5.41, 5.74) is 6.93. The van der Waals surface area contributed by atoms with Gasteiger partial charge in [0.25, 0.3) is 0 Å². The number of anilines is 1. The Morgan fingerprint density at radius 2 is 2.11 bits per heavy atom. The maximum atomic E-state index is 5.81. The number of aromatic nitrogens is 4. The summed E-state index contributed by atoms with van der Waals surface area (Å²) in [4.78, 5) is 14.1. The van der Waals surface area contributed by atoms with Gasteiger partial charge in [-0.1, -0.05) is 0 Å². The predicted octanol–water partition coefficient (Wildman–Crippen LogP) is 0.167. The molecule has 2 heterocycles. The zero-order valence-electron chi connectivity index (χ0n) is 11.2. The minimum Gasteiger partial charge on any atom is -0.449 e. The van der Waals surface area contributed by atoms with Crippen LogP contribution in [0.4, 0.5) is 5.82 Å². The van der Waals surface area contributed by atoms with Crippen LogP contribution in [-0.2, 0) is 4.74 Å². The lowest BCUT2D eigenvalue weighted by Crippen LogP contribution is -2.13. The molecule has 2 rings (SSSR count). The number of hydrogen-bond donors (Lipinski definition) is 2. The summed E-state index contributed by atoms with van der Waals surface area (Å²) in [5.74, 6) is 0.296. The van der Waals surface area contributed by atoms with E-state index in [-0.39, 0.29) is 12.1 Å². The summed E-state index contributed by atoms with van der Waals surface area (Å²) in [6.45, 7) is 4.76. The lowest BCUT2D eigenvalue weighted by Gasteiger charge is -2.06. The number of nitrogens with one attached hydrogen (secondary N) is 2. The van der Waals surface area contributed by atoms with Crippen LogP contribution in [0.15, 0.2) is 0 Å². The molecule has 0 amide bonds. The van der Waals surface area contributed by atoms with Gasteiger partial charge in [-0.05, 0) is 18.8 Å². The van der Waals surface area contributed by atoms with E-state index in [1.54, 1.807) is 0 Å². The molecule has 2 aromatic heterocycles. The quantitative estimate of drug-likeness (QED) is 0.722. The molecule has 2 aromatic rings. The number of nitrogens with zero attached hydrogens (tertiary/aromatic N) is 2. The van der Waals surface area contributed by atoms with E-state index < -0.39 is 0 Å². The van der Waals surface area contributed by atoms with Crippen LogP contribution in [0.1, 0.15) is 13.8 Å². The van der Waals surface area contributed by atoms with Crippen molar-refractivity contribution in [2.24, 2.45) is 0 Å². The van der Waals surface area contributed by atoms with Gasteiger partial charge < -0.3 is 19.9 Å². The monoisotopic (exact) mass is 268 g/mol. The minimum absolute atomic E-state index is 0.166. The van der Waals surface area contributed by atoms with Crippen molar-refractivity contribution in [3.63, 3.8) is 0 Å². The van der Waals surface area contributed by atoms with Gasteiger partial charge in [-0.3, -0.25) is 0 Å². The Balaban J connectivity index is 2.07. The number of hydrogen-bond acceptors (Lipinski definition) is 6. The van der Waals surface area contributed by atoms with Gasteiger partial charge in [0.1, 0.15) is 6.61 Å². The van der Waals surface area contributed by atoms with Crippen LogP contribution in [0.25, 0.3) is 11.2 Å². The summed E-state index contributed by atoms with van der Waals surface area (Å²) in [7, 11) is 1.53. The largest absolute Gasteiger partial charge is 0.449 e. The number of H-pyrrole nitrogens is 2. The highest BCUT2D eigenvalue weighted by molar-refractivity contribution is 5.79. The van der Waals surface area contributed by atoms with Gasteiger partial charge in [0.15, 0.2) is 5.82 Å². The average molecular weight is 268 g/mol. The lowest BCUT2D eigenvalue weighted by molar-refractivity contribution is -0.364. The third-order valence-electron chi connectivity index (χ3n) is 2.36. The predicted molar refractivity (Wildman–Crippen MR) is 68.0 cm³/mol. The summed E-state index contributed by atoms with van der Waals surface area (Å²) in [6.07, 6.45) is 0.166. The Hall–Kier alpha value is -2.09. The Kier molecular flexibility index (Phi) is 4.00. The molecule has 0 aliphatic rings. The molecule has 8 heteroatoms. The van der Waals surface area contributed by atoms with Gasteiger partial charge in [0.2, 0.25) is 5.52 Å². The number of fused-ring (bicyclic) bond motifs is 1. The van der Waals surface area contributed by atoms with E-state index in [4.69, 9.17) is 19.9 Å². The van der Waals surface area contributed by atoms with Crippen molar-refractivity contribution in [3.8, 4) is 12.0 Å². The first-order valence-electron chi connectivity index (χ1n) is 5.97. The molecule has 0 fully saturated rings. The first-order valence-corrected chi connectivity index (χ1v) is 5.97. The topological polar surface area (TPSA) is 109 Å². The molecule has 0 radical (unpaired) electrons. The maximum absolute atomic E-state index is 5.81. The van der Waals surface area contributed by atoms with E-state index in [1.165, 1.54) is 7.11 Å². The second-order valence-electron chi connectivity index (χ2n) is 4.17. The molecule has 0 saturated carbocycles. The zero-order chi connectivity index (χ0) is 13.8. The van der Waals surface area contributed by atoms with Crippen molar-refractivity contribution in [1.82, 2.24) is 15.0 Å². The van der Waals surface area contributed by atoms with Crippen LogP contribution in [0.5, 0.6) is 12.0 Å². The molecule has 0 bridgehead atoms. The third kappa shape index (κ3) is 3.22. The van der Waals surface area contributed by atoms with Crippen LogP contribution >= 0.6 is 0 Å². The molecule has 0 aliphatic carbocycles. The summed E-state index contributed by atoms with van der Waals surface area (Å²) in [6, 6.07) is 0.659. The van der Waals surface area contributed by atoms with Crippen LogP contribution in [-0.4, -0.2) is 41.4 Å². The fourth-order valence-electron chi connectivity index (χ4n) is 1.51. The molecule has 0 aliphatic heterocycles. The first kappa shape index (κ1) is 13.3. The Morgan fingerprint density at radius 1 is 1.32 bits per heavy atom. The number of imidazole rings is 1. The molecule has 19 heavy (non-hydrogen) atoms. The number of ether oxygens (including phenoxy) is 3. The van der Waals surface area contributed by atoms with Gasteiger partial charge in [0.05, 0.1) is 19.8 Å². The highest BCUT2D eigenvalue weighted by atomic mass is 16.5. The molecule has 104 valence electrons. The van der Waals surface area contributed by atoms with Crippen LogP contribution in [0.3, 0.4) is 0 Å². The fourth-order valence-corrected chi connectivity index (χ4v) is 1.51. The van der Waals surface area contributed by atoms with Crippen molar-refractivity contribution in [2.45, 2.75) is 20.0 Å². The number of methoxy groups -OCH3 is 1. The average Bonchev–Trinajstić information content (AvgIpc) is 2.78. The lowest BCUT2D eigenvalue weighted by atomic mass is 10.5. The second-order valence-corrected chi connectivity index (χ2v) is 4.17. The molecule has 0 unspecified atom stereocenters. The van der Waals surface area contributed by atoms with Crippen LogP contribution < -0.4 is 20.2 Å². The van der Waals surface area contributed by atoms with Gasteiger partial charge in [0, 0.05) is 0 Å². The third-order valence-corrected chi connectivity index (χ3v) is 2.36. The van der Waals surface area contributed by atoms with E-state index in [0.717, 1.165) is 0 Å². The Labute approximate surface area is 110 Å². The normalized spacial score (nSPS) is 11.2. The van der Waals surface area contributed by atoms with E-state index in [0.29, 0.717) is 36.2 Å². The second kappa shape index (κ2) is 5.70. The zero-order valence-corrected chi connectivity index (χ0v) is 11.2. The van der Waals surface area contributed by atoms with Crippen LogP contribution in [0, 0.1) is 0 Å². The van der Waals surface area contributed by atoms with E-state index >= 15 is 0 Å². The number of nitrogen functional groups attached to an aromatic ring is 1. The molecule has 0 saturated heterocycles. The van der Waals surface area contributed by atoms with Gasteiger partial charge in [-0.2, -0.15) is 4.98 Å². The Morgan fingerprint density at radius 3 is 2.79 bits per heavy atom. The molecular formula is C11H18N5O3+. The Bertz CT molecular complexity index is 554. The number of rotatable bonds is 6. The molecule has 8 nitrogen and oxygen atoms in total. The van der Waals surface area contributed by atoms with E-state index in [9.17, 15) is 0 Å². The van der Waals surface area contributed by atoms with Gasteiger partial charge in [-0.15, -0.1) is 0 Å². The number of nitrogens with two attached hydrogens (primary N) is 1. The maximum Gasteiger partial charge on any atom is 0.397 e.